The van der Waals surface area contributed by atoms with Gasteiger partial charge in [0.25, 0.3) is 0 Å². The standard InChI is InChI=1S/C3H6.2Li/c1-3-2;;/h1-3H2;;/q-2;2*+1. The molecule has 0 unspecified atom stereocenters. The third kappa shape index (κ3) is 37.1. The molecule has 0 N–H and O–H groups in total. The molecule has 0 saturated heterocycles. The second kappa shape index (κ2) is 19.0. The first-order chi connectivity index (χ1) is 1.41. The summed E-state index contributed by atoms with van der Waals surface area (Å²) in [5.74, 6) is 0. The minimum Gasteiger partial charge on any atom is -0.372 e. The van der Waals surface area contributed by atoms with E-state index in [-0.39, 0.29) is 37.7 Å². The summed E-state index contributed by atoms with van der Waals surface area (Å²) in [7, 11) is 0. The minimum absolute atomic E-state index is 0. The molecule has 0 amide bonds. The van der Waals surface area contributed by atoms with Crippen molar-refractivity contribution in [2.75, 3.05) is 0 Å². The van der Waals surface area contributed by atoms with Gasteiger partial charge >= 0.3 is 37.7 Å². The zero-order valence-corrected chi connectivity index (χ0v) is 4.12. The van der Waals surface area contributed by atoms with Crippen LogP contribution in [-0.2, 0) is 0 Å². The first kappa shape index (κ1) is 16.4. The van der Waals surface area contributed by atoms with E-state index >= 15 is 0 Å². The van der Waals surface area contributed by atoms with E-state index in [4.69, 9.17) is 0 Å². The fraction of sp³-hybridized carbons (Fsp3) is 0.333. The zero-order chi connectivity index (χ0) is 2.71. The Balaban J connectivity index is -0.0000000200. The second-order valence-electron chi connectivity index (χ2n) is 0.354. The molecule has 0 aromatic rings. The van der Waals surface area contributed by atoms with Gasteiger partial charge in [-0.3, -0.25) is 0 Å². The summed E-state index contributed by atoms with van der Waals surface area (Å²) < 4.78 is 0. The Kier molecular flexibility index (Phi) is 62.2. The Morgan fingerprint density at radius 3 is 1.00 bits per heavy atom. The van der Waals surface area contributed by atoms with Gasteiger partial charge < -0.3 is 20.3 Å². The van der Waals surface area contributed by atoms with Crippen LogP contribution in [-0.4, -0.2) is 0 Å². The molecule has 0 aromatic heterocycles. The molecule has 5 heavy (non-hydrogen) atoms. The first-order valence-electron chi connectivity index (χ1n) is 1.000. The number of hydrogen-bond acceptors (Lipinski definition) is 0. The summed E-state index contributed by atoms with van der Waals surface area (Å²) in [4.78, 5) is 0. The average Bonchev–Trinajstić information content (AvgIpc) is 0.918. The summed E-state index contributed by atoms with van der Waals surface area (Å²) in [5, 5.41) is 0. The van der Waals surface area contributed by atoms with E-state index in [1.165, 1.54) is 0 Å². The van der Waals surface area contributed by atoms with Crippen LogP contribution in [0.5, 0.6) is 0 Å². The minimum atomic E-state index is 0. The van der Waals surface area contributed by atoms with Crippen molar-refractivity contribution in [3.63, 3.8) is 0 Å². The van der Waals surface area contributed by atoms with Crippen LogP contribution >= 0.6 is 0 Å². The summed E-state index contributed by atoms with van der Waals surface area (Å²) in [6.45, 7) is 6.75. The van der Waals surface area contributed by atoms with Crippen molar-refractivity contribution in [2.24, 2.45) is 0 Å². The zero-order valence-electron chi connectivity index (χ0n) is 4.12. The molecule has 0 spiro atoms. The monoisotopic (exact) mass is 56.1 g/mol. The Bertz CT molecular complexity index is 4.85. The van der Waals surface area contributed by atoms with Crippen molar-refractivity contribution in [1.29, 1.82) is 0 Å². The SMILES string of the molecule is [CH2-]C[CH2-].[Li+].[Li+]. The maximum atomic E-state index is 3.38. The van der Waals surface area contributed by atoms with Gasteiger partial charge in [0, 0.05) is 0 Å². The molecule has 0 saturated carbocycles. The fourth-order valence-corrected chi connectivity index (χ4v) is 0. The smallest absolute Gasteiger partial charge is 0.372 e. The molecule has 0 aliphatic carbocycles. The van der Waals surface area contributed by atoms with E-state index in [1.54, 1.807) is 0 Å². The van der Waals surface area contributed by atoms with Crippen LogP contribution in [0.15, 0.2) is 0 Å². The molecule has 0 aromatic carbocycles. The Labute approximate surface area is 58.1 Å². The van der Waals surface area contributed by atoms with E-state index in [0.29, 0.717) is 0 Å². The Hall–Kier alpha value is 1.19. The van der Waals surface area contributed by atoms with Crippen molar-refractivity contribution >= 4 is 0 Å². The summed E-state index contributed by atoms with van der Waals surface area (Å²) in [6, 6.07) is 0. The number of rotatable bonds is 0. The van der Waals surface area contributed by atoms with Crippen LogP contribution in [0.1, 0.15) is 6.42 Å². The van der Waals surface area contributed by atoms with E-state index in [2.05, 4.69) is 13.8 Å². The average molecular weight is 56.0 g/mol. The molecule has 0 heterocycles. The largest absolute Gasteiger partial charge is 1.00 e. The molecular formula is C3H6Li2. The van der Waals surface area contributed by atoms with Gasteiger partial charge in [-0.2, -0.15) is 0 Å². The van der Waals surface area contributed by atoms with Crippen LogP contribution in [0.25, 0.3) is 0 Å². The predicted octanol–water partition coefficient (Wildman–Crippen LogP) is -4.95. The van der Waals surface area contributed by atoms with E-state index < -0.39 is 0 Å². The van der Waals surface area contributed by atoms with Gasteiger partial charge in [0.2, 0.25) is 0 Å². The van der Waals surface area contributed by atoms with Crippen molar-refractivity contribution in [2.45, 2.75) is 6.42 Å². The van der Waals surface area contributed by atoms with Crippen molar-refractivity contribution < 1.29 is 37.7 Å². The molecule has 0 aliphatic heterocycles. The van der Waals surface area contributed by atoms with Crippen molar-refractivity contribution in [3.05, 3.63) is 13.8 Å². The van der Waals surface area contributed by atoms with Crippen LogP contribution in [0.3, 0.4) is 0 Å². The second-order valence-corrected chi connectivity index (χ2v) is 0.354. The molecule has 0 bridgehead atoms. The van der Waals surface area contributed by atoms with E-state index in [9.17, 15) is 0 Å². The van der Waals surface area contributed by atoms with Gasteiger partial charge in [-0.1, -0.05) is 0 Å². The molecule has 0 fully saturated rings. The molecule has 0 nitrogen and oxygen atoms in total. The van der Waals surface area contributed by atoms with Gasteiger partial charge in [-0.15, -0.1) is 0 Å². The van der Waals surface area contributed by atoms with E-state index in [0.717, 1.165) is 6.42 Å². The molecule has 0 rings (SSSR count). The maximum absolute atomic E-state index is 3.38. The normalized spacial score (nSPS) is 3.60. The first-order valence-corrected chi connectivity index (χ1v) is 1.000. The fourth-order valence-electron chi connectivity index (χ4n) is 0. The third-order valence-corrected chi connectivity index (χ3v) is 0. The van der Waals surface area contributed by atoms with Gasteiger partial charge in [0.15, 0.2) is 0 Å². The molecule has 20 valence electrons. The summed E-state index contributed by atoms with van der Waals surface area (Å²) in [6.07, 6.45) is 0.750. The van der Waals surface area contributed by atoms with Gasteiger partial charge in [0.05, 0.1) is 0 Å². The van der Waals surface area contributed by atoms with Gasteiger partial charge in [-0.05, 0) is 0 Å². The Morgan fingerprint density at radius 2 is 1.00 bits per heavy atom. The van der Waals surface area contributed by atoms with Crippen molar-refractivity contribution in [1.82, 2.24) is 0 Å². The molecular weight excluding hydrogens is 49.9 g/mol. The quantitative estimate of drug-likeness (QED) is 0.193. The van der Waals surface area contributed by atoms with Gasteiger partial charge in [0.1, 0.15) is 0 Å². The van der Waals surface area contributed by atoms with Crippen LogP contribution < -0.4 is 37.7 Å². The molecule has 0 aliphatic rings. The topological polar surface area (TPSA) is 0 Å². The predicted molar refractivity (Wildman–Crippen MR) is 15.3 cm³/mol. The molecule has 2 heteroatoms. The Morgan fingerprint density at radius 1 is 1.00 bits per heavy atom. The van der Waals surface area contributed by atoms with Crippen LogP contribution in [0.4, 0.5) is 0 Å². The van der Waals surface area contributed by atoms with Crippen molar-refractivity contribution in [3.8, 4) is 0 Å². The summed E-state index contributed by atoms with van der Waals surface area (Å²) in [5.41, 5.74) is 0. The summed E-state index contributed by atoms with van der Waals surface area (Å²) >= 11 is 0. The van der Waals surface area contributed by atoms with E-state index in [1.807, 2.05) is 0 Å². The molecule has 0 radical (unpaired) electrons. The third-order valence-electron chi connectivity index (χ3n) is 0. The number of hydrogen-bond donors (Lipinski definition) is 0. The van der Waals surface area contributed by atoms with Crippen LogP contribution in [0.2, 0.25) is 0 Å². The van der Waals surface area contributed by atoms with Gasteiger partial charge in [-0.25, -0.2) is 0 Å². The molecule has 0 atom stereocenters. The van der Waals surface area contributed by atoms with Crippen LogP contribution in [0, 0.1) is 13.8 Å². The maximum Gasteiger partial charge on any atom is 1.00 e.